The van der Waals surface area contributed by atoms with Gasteiger partial charge in [0, 0.05) is 13.1 Å². The van der Waals surface area contributed by atoms with Crippen LogP contribution in [-0.2, 0) is 17.9 Å². The van der Waals surface area contributed by atoms with Crippen molar-refractivity contribution in [3.63, 3.8) is 0 Å². The average molecular weight is 425 g/mol. The van der Waals surface area contributed by atoms with Crippen molar-refractivity contribution in [2.24, 2.45) is 0 Å². The first-order valence-electron chi connectivity index (χ1n) is 10.1. The minimum absolute atomic E-state index is 0.0317. The molecule has 0 spiro atoms. The third-order valence-electron chi connectivity index (χ3n) is 4.95. The van der Waals surface area contributed by atoms with Crippen molar-refractivity contribution in [2.75, 3.05) is 5.75 Å². The molecule has 30 heavy (non-hydrogen) atoms. The van der Waals surface area contributed by atoms with Gasteiger partial charge >= 0.3 is 0 Å². The van der Waals surface area contributed by atoms with Crippen molar-refractivity contribution in [3.8, 4) is 5.75 Å². The van der Waals surface area contributed by atoms with E-state index in [9.17, 15) is 4.79 Å². The van der Waals surface area contributed by atoms with Gasteiger partial charge in [-0.05, 0) is 50.5 Å². The molecule has 0 aliphatic rings. The van der Waals surface area contributed by atoms with Crippen LogP contribution in [0.2, 0.25) is 0 Å². The van der Waals surface area contributed by atoms with E-state index in [1.54, 1.807) is 0 Å². The van der Waals surface area contributed by atoms with E-state index in [4.69, 9.17) is 4.74 Å². The molecule has 0 fully saturated rings. The summed E-state index contributed by atoms with van der Waals surface area (Å²) in [6, 6.07) is 15.9. The quantitative estimate of drug-likeness (QED) is 0.514. The molecule has 1 atom stereocenters. The predicted molar refractivity (Wildman–Crippen MR) is 120 cm³/mol. The number of aryl methyl sites for hydroxylation is 1. The number of nitrogens with zero attached hydrogens (tertiary/aromatic N) is 3. The Labute approximate surface area is 182 Å². The molecular weight excluding hydrogens is 396 g/mol. The largest absolute Gasteiger partial charge is 0.482 e. The Hall–Kier alpha value is -2.80. The van der Waals surface area contributed by atoms with Crippen LogP contribution in [0.1, 0.15) is 42.5 Å². The van der Waals surface area contributed by atoms with Crippen molar-refractivity contribution >= 4 is 17.7 Å². The summed E-state index contributed by atoms with van der Waals surface area (Å²) >= 11 is 1.39. The van der Waals surface area contributed by atoms with E-state index in [-0.39, 0.29) is 17.8 Å². The van der Waals surface area contributed by atoms with Crippen LogP contribution in [0.15, 0.2) is 53.7 Å². The molecule has 3 rings (SSSR count). The third-order valence-corrected chi connectivity index (χ3v) is 5.92. The summed E-state index contributed by atoms with van der Waals surface area (Å²) in [5, 5.41) is 12.3. The highest BCUT2D eigenvalue weighted by atomic mass is 32.2. The van der Waals surface area contributed by atoms with Crippen molar-refractivity contribution in [1.29, 1.82) is 0 Å². The van der Waals surface area contributed by atoms with Gasteiger partial charge in [0.1, 0.15) is 5.75 Å². The van der Waals surface area contributed by atoms with E-state index in [1.807, 2.05) is 60.9 Å². The maximum Gasteiger partial charge on any atom is 0.230 e. The van der Waals surface area contributed by atoms with E-state index >= 15 is 0 Å². The van der Waals surface area contributed by atoms with E-state index in [1.165, 1.54) is 17.3 Å². The number of hydrogen-bond donors (Lipinski definition) is 1. The number of hydrogen-bond acceptors (Lipinski definition) is 5. The van der Waals surface area contributed by atoms with Crippen LogP contribution in [0.5, 0.6) is 5.75 Å². The number of carbonyl (C=O) groups is 1. The van der Waals surface area contributed by atoms with Crippen molar-refractivity contribution < 1.29 is 9.53 Å². The van der Waals surface area contributed by atoms with Gasteiger partial charge in [0.05, 0.1) is 5.75 Å². The molecule has 0 radical (unpaired) electrons. The predicted octanol–water partition coefficient (Wildman–Crippen LogP) is 4.46. The summed E-state index contributed by atoms with van der Waals surface area (Å²) in [5.41, 5.74) is 3.39. The molecule has 0 aliphatic carbocycles. The van der Waals surface area contributed by atoms with E-state index in [2.05, 4.69) is 35.4 Å². The normalized spacial score (nSPS) is 11.9. The van der Waals surface area contributed by atoms with Crippen molar-refractivity contribution in [1.82, 2.24) is 20.1 Å². The van der Waals surface area contributed by atoms with Crippen LogP contribution in [0, 0.1) is 13.8 Å². The molecule has 158 valence electrons. The van der Waals surface area contributed by atoms with Gasteiger partial charge in [-0.25, -0.2) is 0 Å². The SMILES string of the molecule is CCn1c(SCC(=O)NCc2ccccc2)nnc1C(C)Oc1cccc(C)c1C. The number of carbonyl (C=O) groups excluding carboxylic acids is 1. The number of thioether (sulfide) groups is 1. The fourth-order valence-electron chi connectivity index (χ4n) is 3.08. The molecule has 1 N–H and O–H groups in total. The van der Waals surface area contributed by atoms with Crippen LogP contribution in [0.25, 0.3) is 0 Å². The van der Waals surface area contributed by atoms with Crippen molar-refractivity contribution in [2.45, 2.75) is 52.0 Å². The lowest BCUT2D eigenvalue weighted by molar-refractivity contribution is -0.118. The summed E-state index contributed by atoms with van der Waals surface area (Å²) in [7, 11) is 0. The molecule has 0 bridgehead atoms. The maximum absolute atomic E-state index is 12.2. The second-order valence-electron chi connectivity index (χ2n) is 7.09. The lowest BCUT2D eigenvalue weighted by Crippen LogP contribution is -2.24. The molecule has 1 heterocycles. The highest BCUT2D eigenvalue weighted by molar-refractivity contribution is 7.99. The fourth-order valence-corrected chi connectivity index (χ4v) is 3.92. The summed E-state index contributed by atoms with van der Waals surface area (Å²) in [6.45, 7) is 9.36. The van der Waals surface area contributed by atoms with Crippen LogP contribution in [-0.4, -0.2) is 26.4 Å². The van der Waals surface area contributed by atoms with Gasteiger partial charge < -0.3 is 14.6 Å². The Kier molecular flexibility index (Phi) is 7.52. The highest BCUT2D eigenvalue weighted by Gasteiger charge is 2.20. The lowest BCUT2D eigenvalue weighted by Gasteiger charge is -2.17. The molecule has 7 heteroatoms. The first-order chi connectivity index (χ1) is 14.5. The minimum Gasteiger partial charge on any atom is -0.482 e. The van der Waals surface area contributed by atoms with Crippen LogP contribution < -0.4 is 10.1 Å². The Morgan fingerprint density at radius 2 is 1.90 bits per heavy atom. The van der Waals surface area contributed by atoms with Gasteiger partial charge in [-0.2, -0.15) is 0 Å². The standard InChI is InChI=1S/C23H28N4O2S/c1-5-27-22(18(4)29-20-13-9-10-16(2)17(20)3)25-26-23(27)30-15-21(28)24-14-19-11-7-6-8-12-19/h6-13,18H,5,14-15H2,1-4H3,(H,24,28). The molecule has 2 aromatic carbocycles. The second-order valence-corrected chi connectivity index (χ2v) is 8.04. The van der Waals surface area contributed by atoms with E-state index < -0.39 is 0 Å². The molecule has 0 saturated carbocycles. The molecule has 1 amide bonds. The first-order valence-corrected chi connectivity index (χ1v) is 11.1. The summed E-state index contributed by atoms with van der Waals surface area (Å²) in [6.07, 6.45) is -0.251. The molecular formula is C23H28N4O2S. The van der Waals surface area contributed by atoms with Crippen LogP contribution in [0.3, 0.4) is 0 Å². The Balaban J connectivity index is 1.60. The molecule has 0 aliphatic heterocycles. The van der Waals surface area contributed by atoms with Gasteiger partial charge in [0.15, 0.2) is 17.1 Å². The maximum atomic E-state index is 12.2. The topological polar surface area (TPSA) is 69.0 Å². The molecule has 0 saturated heterocycles. The smallest absolute Gasteiger partial charge is 0.230 e. The van der Waals surface area contributed by atoms with Gasteiger partial charge in [0.25, 0.3) is 0 Å². The number of ether oxygens (including phenoxy) is 1. The van der Waals surface area contributed by atoms with E-state index in [0.717, 1.165) is 27.9 Å². The zero-order valence-corrected chi connectivity index (χ0v) is 18.7. The fraction of sp³-hybridized carbons (Fsp3) is 0.348. The minimum atomic E-state index is -0.251. The summed E-state index contributed by atoms with van der Waals surface area (Å²) in [5.74, 6) is 1.86. The zero-order valence-electron chi connectivity index (χ0n) is 17.9. The summed E-state index contributed by atoms with van der Waals surface area (Å²) < 4.78 is 8.17. The summed E-state index contributed by atoms with van der Waals surface area (Å²) in [4.78, 5) is 12.2. The van der Waals surface area contributed by atoms with Gasteiger partial charge in [0.2, 0.25) is 5.91 Å². The van der Waals surface area contributed by atoms with Gasteiger partial charge in [-0.3, -0.25) is 4.79 Å². The molecule has 3 aromatic rings. The van der Waals surface area contributed by atoms with Crippen molar-refractivity contribution in [3.05, 3.63) is 71.0 Å². The Morgan fingerprint density at radius 1 is 1.13 bits per heavy atom. The first kappa shape index (κ1) is 21.9. The number of amides is 1. The molecule has 1 unspecified atom stereocenters. The second kappa shape index (κ2) is 10.3. The number of aromatic nitrogens is 3. The molecule has 6 nitrogen and oxygen atoms in total. The van der Waals surface area contributed by atoms with Gasteiger partial charge in [-0.15, -0.1) is 10.2 Å². The van der Waals surface area contributed by atoms with Crippen LogP contribution >= 0.6 is 11.8 Å². The molecule has 1 aromatic heterocycles. The van der Waals surface area contributed by atoms with E-state index in [0.29, 0.717) is 13.1 Å². The third kappa shape index (κ3) is 5.42. The average Bonchev–Trinajstić information content (AvgIpc) is 3.18. The zero-order chi connectivity index (χ0) is 21.5. The Morgan fingerprint density at radius 3 is 2.63 bits per heavy atom. The lowest BCUT2D eigenvalue weighted by atomic mass is 10.1. The highest BCUT2D eigenvalue weighted by Crippen LogP contribution is 2.27. The van der Waals surface area contributed by atoms with Crippen LogP contribution in [0.4, 0.5) is 0 Å². The number of benzene rings is 2. The monoisotopic (exact) mass is 424 g/mol. The Bertz CT molecular complexity index is 988. The number of rotatable bonds is 9. The van der Waals surface area contributed by atoms with Gasteiger partial charge in [-0.1, -0.05) is 54.2 Å². The number of nitrogens with one attached hydrogen (secondary N) is 1.